The molecule has 1 aliphatic heterocycles. The Balaban J connectivity index is 2.04. The van der Waals surface area contributed by atoms with Gasteiger partial charge in [-0.3, -0.25) is 0 Å². The Kier molecular flexibility index (Phi) is 2.21. The zero-order valence-corrected chi connectivity index (χ0v) is 9.66. The third kappa shape index (κ3) is 1.52. The summed E-state index contributed by atoms with van der Waals surface area (Å²) < 4.78 is 5.85. The monoisotopic (exact) mass is 216 g/mol. The molecule has 0 spiro atoms. The van der Waals surface area contributed by atoms with Gasteiger partial charge in [-0.2, -0.15) is 0 Å². The molecule has 16 heavy (non-hydrogen) atoms. The summed E-state index contributed by atoms with van der Waals surface area (Å²) in [5, 5.41) is 3.42. The maximum Gasteiger partial charge on any atom is 0.200 e. The summed E-state index contributed by atoms with van der Waals surface area (Å²) >= 11 is 0. The van der Waals surface area contributed by atoms with Crippen molar-refractivity contribution >= 4 is 11.1 Å². The Bertz CT molecular complexity index is 518. The topological polar surface area (TPSA) is 38.1 Å². The van der Waals surface area contributed by atoms with Crippen LogP contribution in [0.2, 0.25) is 0 Å². The van der Waals surface area contributed by atoms with Crippen molar-refractivity contribution in [1.29, 1.82) is 0 Å². The van der Waals surface area contributed by atoms with Crippen molar-refractivity contribution in [3.8, 4) is 0 Å². The zero-order chi connectivity index (χ0) is 11.1. The molecule has 3 rings (SSSR count). The summed E-state index contributed by atoms with van der Waals surface area (Å²) in [6.45, 7) is 5.32. The van der Waals surface area contributed by atoms with Crippen LogP contribution < -0.4 is 5.32 Å². The average Bonchev–Trinajstić information content (AvgIpc) is 2.82. The molecule has 1 N–H and O–H groups in total. The first-order valence-electron chi connectivity index (χ1n) is 5.84. The van der Waals surface area contributed by atoms with E-state index in [0.29, 0.717) is 12.0 Å². The third-order valence-electron chi connectivity index (χ3n) is 3.40. The van der Waals surface area contributed by atoms with Gasteiger partial charge in [-0.1, -0.05) is 6.07 Å². The second-order valence-electron chi connectivity index (χ2n) is 4.66. The summed E-state index contributed by atoms with van der Waals surface area (Å²) in [6.07, 6.45) is 1.12. The fourth-order valence-corrected chi connectivity index (χ4v) is 2.40. The number of aryl methyl sites for hydroxylation is 1. The van der Waals surface area contributed by atoms with Gasteiger partial charge in [0, 0.05) is 6.04 Å². The lowest BCUT2D eigenvalue weighted by Crippen LogP contribution is -2.21. The van der Waals surface area contributed by atoms with E-state index in [1.54, 1.807) is 0 Å². The van der Waals surface area contributed by atoms with Gasteiger partial charge in [0.2, 0.25) is 0 Å². The van der Waals surface area contributed by atoms with Crippen LogP contribution in [0.25, 0.3) is 11.1 Å². The predicted molar refractivity (Wildman–Crippen MR) is 63.6 cm³/mol. The Labute approximate surface area is 94.9 Å². The lowest BCUT2D eigenvalue weighted by molar-refractivity contribution is 0.447. The molecule has 0 bridgehead atoms. The van der Waals surface area contributed by atoms with Gasteiger partial charge < -0.3 is 9.73 Å². The highest BCUT2D eigenvalue weighted by Gasteiger charge is 2.28. The summed E-state index contributed by atoms with van der Waals surface area (Å²) in [5.74, 6) is 1.31. The Morgan fingerprint density at radius 1 is 1.44 bits per heavy atom. The van der Waals surface area contributed by atoms with E-state index in [-0.39, 0.29) is 0 Å². The van der Waals surface area contributed by atoms with Crippen LogP contribution in [0.15, 0.2) is 22.6 Å². The molecule has 1 aliphatic rings. The van der Waals surface area contributed by atoms with E-state index in [9.17, 15) is 0 Å². The first kappa shape index (κ1) is 9.85. The van der Waals surface area contributed by atoms with Crippen molar-refractivity contribution in [2.75, 3.05) is 6.54 Å². The molecule has 1 saturated heterocycles. The van der Waals surface area contributed by atoms with E-state index in [1.807, 2.05) is 6.07 Å². The predicted octanol–water partition coefficient (Wildman–Crippen LogP) is 2.60. The first-order valence-corrected chi connectivity index (χ1v) is 5.84. The van der Waals surface area contributed by atoms with Gasteiger partial charge in [-0.05, 0) is 44.5 Å². The van der Waals surface area contributed by atoms with E-state index in [2.05, 4.69) is 36.3 Å². The number of fused-ring (bicyclic) bond motifs is 1. The highest BCUT2D eigenvalue weighted by Crippen LogP contribution is 2.29. The van der Waals surface area contributed by atoms with E-state index in [4.69, 9.17) is 4.42 Å². The fourth-order valence-electron chi connectivity index (χ4n) is 2.40. The Morgan fingerprint density at radius 3 is 3.06 bits per heavy atom. The number of hydrogen-bond acceptors (Lipinski definition) is 3. The molecule has 2 atom stereocenters. The van der Waals surface area contributed by atoms with Crippen molar-refractivity contribution in [2.45, 2.75) is 32.2 Å². The summed E-state index contributed by atoms with van der Waals surface area (Å²) in [7, 11) is 0. The largest absolute Gasteiger partial charge is 0.440 e. The number of aromatic nitrogens is 1. The molecule has 0 amide bonds. The Morgan fingerprint density at radius 2 is 2.31 bits per heavy atom. The number of oxazole rings is 1. The molecular weight excluding hydrogens is 200 g/mol. The van der Waals surface area contributed by atoms with Crippen LogP contribution in [-0.2, 0) is 0 Å². The maximum absolute atomic E-state index is 5.85. The van der Waals surface area contributed by atoms with Crippen molar-refractivity contribution in [3.63, 3.8) is 0 Å². The minimum atomic E-state index is 0.424. The van der Waals surface area contributed by atoms with Crippen LogP contribution in [0.3, 0.4) is 0 Å². The van der Waals surface area contributed by atoms with Gasteiger partial charge in [0.25, 0.3) is 0 Å². The highest BCUT2D eigenvalue weighted by molar-refractivity contribution is 5.73. The van der Waals surface area contributed by atoms with E-state index in [0.717, 1.165) is 30.0 Å². The van der Waals surface area contributed by atoms with Crippen molar-refractivity contribution in [2.24, 2.45) is 0 Å². The van der Waals surface area contributed by atoms with E-state index in [1.165, 1.54) is 5.56 Å². The smallest absolute Gasteiger partial charge is 0.200 e. The molecule has 3 heteroatoms. The second kappa shape index (κ2) is 3.59. The quantitative estimate of drug-likeness (QED) is 0.796. The standard InChI is InChI=1S/C13H16N2O/c1-8-3-4-11-12(7-8)16-13(15-11)10-5-6-14-9(10)2/h3-4,7,9-10,14H,5-6H2,1-2H3. The molecule has 0 aliphatic carbocycles. The van der Waals surface area contributed by atoms with Crippen LogP contribution in [0, 0.1) is 6.92 Å². The first-order chi connectivity index (χ1) is 7.74. The molecule has 84 valence electrons. The minimum Gasteiger partial charge on any atom is -0.440 e. The van der Waals surface area contributed by atoms with E-state index < -0.39 is 0 Å². The van der Waals surface area contributed by atoms with Crippen LogP contribution >= 0.6 is 0 Å². The average molecular weight is 216 g/mol. The lowest BCUT2D eigenvalue weighted by Gasteiger charge is -2.09. The minimum absolute atomic E-state index is 0.424. The molecule has 0 saturated carbocycles. The number of benzene rings is 1. The number of hydrogen-bond donors (Lipinski definition) is 1. The third-order valence-corrected chi connectivity index (χ3v) is 3.40. The molecule has 3 nitrogen and oxygen atoms in total. The molecule has 1 fully saturated rings. The van der Waals surface area contributed by atoms with Gasteiger partial charge in [0.05, 0.1) is 5.92 Å². The zero-order valence-electron chi connectivity index (χ0n) is 9.66. The second-order valence-corrected chi connectivity index (χ2v) is 4.66. The van der Waals surface area contributed by atoms with Crippen LogP contribution in [0.4, 0.5) is 0 Å². The lowest BCUT2D eigenvalue weighted by atomic mass is 10.0. The number of nitrogens with zero attached hydrogens (tertiary/aromatic N) is 1. The molecule has 2 unspecified atom stereocenters. The number of rotatable bonds is 1. The SMILES string of the molecule is Cc1ccc2nc(C3CCNC3C)oc2c1. The van der Waals surface area contributed by atoms with E-state index >= 15 is 0 Å². The van der Waals surface area contributed by atoms with Crippen molar-refractivity contribution < 1.29 is 4.42 Å². The molecule has 0 radical (unpaired) electrons. The Hall–Kier alpha value is -1.35. The van der Waals surface area contributed by atoms with Crippen molar-refractivity contribution in [3.05, 3.63) is 29.7 Å². The van der Waals surface area contributed by atoms with Gasteiger partial charge in [0.1, 0.15) is 5.52 Å². The van der Waals surface area contributed by atoms with Crippen molar-refractivity contribution in [1.82, 2.24) is 10.3 Å². The van der Waals surface area contributed by atoms with Gasteiger partial charge >= 0.3 is 0 Å². The highest BCUT2D eigenvalue weighted by atomic mass is 16.3. The maximum atomic E-state index is 5.85. The molecule has 1 aromatic carbocycles. The van der Waals surface area contributed by atoms with Crippen LogP contribution in [0.1, 0.15) is 30.7 Å². The molecule has 2 heterocycles. The summed E-state index contributed by atoms with van der Waals surface area (Å²) in [5.41, 5.74) is 3.10. The number of nitrogens with one attached hydrogen (secondary N) is 1. The van der Waals surface area contributed by atoms with Gasteiger partial charge in [-0.25, -0.2) is 4.98 Å². The molecule has 1 aromatic heterocycles. The normalized spacial score (nSPS) is 25.4. The fraction of sp³-hybridized carbons (Fsp3) is 0.462. The van der Waals surface area contributed by atoms with Crippen LogP contribution in [-0.4, -0.2) is 17.6 Å². The van der Waals surface area contributed by atoms with Gasteiger partial charge in [-0.15, -0.1) is 0 Å². The van der Waals surface area contributed by atoms with Gasteiger partial charge in [0.15, 0.2) is 11.5 Å². The molecule has 2 aromatic rings. The van der Waals surface area contributed by atoms with Crippen LogP contribution in [0.5, 0.6) is 0 Å². The molecular formula is C13H16N2O. The summed E-state index contributed by atoms with van der Waals surface area (Å²) in [6, 6.07) is 6.63. The summed E-state index contributed by atoms with van der Waals surface area (Å²) in [4.78, 5) is 4.58.